The van der Waals surface area contributed by atoms with Crippen LogP contribution in [0.3, 0.4) is 0 Å². The number of benzene rings is 1. The molecule has 0 saturated heterocycles. The number of rotatable bonds is 8. The van der Waals surface area contributed by atoms with E-state index in [1.54, 1.807) is 20.9 Å². The molecular weight excluding hydrogens is 356 g/mol. The minimum absolute atomic E-state index is 0.0304. The van der Waals surface area contributed by atoms with Crippen molar-refractivity contribution in [1.29, 1.82) is 0 Å². The molecule has 0 fully saturated rings. The summed E-state index contributed by atoms with van der Waals surface area (Å²) in [5.41, 5.74) is 0.454. The maximum atomic E-state index is 12.4. The van der Waals surface area contributed by atoms with E-state index >= 15 is 0 Å². The Morgan fingerprint density at radius 2 is 2.04 bits per heavy atom. The minimum Gasteiger partial charge on any atom is -0.463 e. The molecule has 0 atom stereocenters. The van der Waals surface area contributed by atoms with E-state index in [0.29, 0.717) is 23.1 Å². The molecule has 0 amide bonds. The molecule has 0 heterocycles. The molecular formula is C16H22ClF2N3O3. The molecule has 0 aliphatic heterocycles. The van der Waals surface area contributed by atoms with Gasteiger partial charge in [0, 0.05) is 30.7 Å². The van der Waals surface area contributed by atoms with Crippen LogP contribution in [0.1, 0.15) is 25.8 Å². The number of esters is 1. The van der Waals surface area contributed by atoms with E-state index in [4.69, 9.17) is 16.3 Å². The highest BCUT2D eigenvalue weighted by Gasteiger charge is 2.11. The molecule has 0 radical (unpaired) electrons. The predicted molar refractivity (Wildman–Crippen MR) is 92.1 cm³/mol. The first kappa shape index (κ1) is 21.0. The van der Waals surface area contributed by atoms with Crippen molar-refractivity contribution in [1.82, 2.24) is 10.6 Å². The molecule has 1 aromatic rings. The summed E-state index contributed by atoms with van der Waals surface area (Å²) in [5.74, 6) is 0.114. The van der Waals surface area contributed by atoms with E-state index in [1.165, 1.54) is 18.2 Å². The smallest absolute Gasteiger partial charge is 0.387 e. The second-order valence-electron chi connectivity index (χ2n) is 5.27. The summed E-state index contributed by atoms with van der Waals surface area (Å²) in [6, 6.07) is 4.37. The molecule has 0 saturated carbocycles. The van der Waals surface area contributed by atoms with Crippen LogP contribution in [0.15, 0.2) is 23.2 Å². The topological polar surface area (TPSA) is 72.0 Å². The largest absolute Gasteiger partial charge is 0.463 e. The molecule has 1 rings (SSSR count). The van der Waals surface area contributed by atoms with Gasteiger partial charge < -0.3 is 20.1 Å². The van der Waals surface area contributed by atoms with Gasteiger partial charge in [-0.05, 0) is 32.0 Å². The van der Waals surface area contributed by atoms with Crippen LogP contribution in [0, 0.1) is 0 Å². The lowest BCUT2D eigenvalue weighted by molar-refractivity contribution is -0.147. The highest BCUT2D eigenvalue weighted by Crippen LogP contribution is 2.24. The monoisotopic (exact) mass is 377 g/mol. The van der Waals surface area contributed by atoms with Crippen molar-refractivity contribution in [3.8, 4) is 5.75 Å². The maximum absolute atomic E-state index is 12.4. The van der Waals surface area contributed by atoms with E-state index in [2.05, 4.69) is 20.4 Å². The zero-order valence-electron chi connectivity index (χ0n) is 14.3. The van der Waals surface area contributed by atoms with Gasteiger partial charge in [-0.3, -0.25) is 9.79 Å². The lowest BCUT2D eigenvalue weighted by Crippen LogP contribution is -2.38. The second kappa shape index (κ2) is 10.7. The van der Waals surface area contributed by atoms with Crippen LogP contribution >= 0.6 is 11.6 Å². The van der Waals surface area contributed by atoms with Crippen LogP contribution in [-0.4, -0.2) is 38.2 Å². The quantitative estimate of drug-likeness (QED) is 0.414. The summed E-state index contributed by atoms with van der Waals surface area (Å²) in [6.07, 6.45) is 0.0107. The van der Waals surface area contributed by atoms with Gasteiger partial charge in [0.15, 0.2) is 5.96 Å². The Morgan fingerprint density at radius 3 is 2.64 bits per heavy atom. The zero-order valence-corrected chi connectivity index (χ0v) is 15.1. The summed E-state index contributed by atoms with van der Waals surface area (Å²) in [4.78, 5) is 15.5. The molecule has 0 aliphatic rings. The van der Waals surface area contributed by atoms with Gasteiger partial charge in [0.2, 0.25) is 0 Å². The maximum Gasteiger partial charge on any atom is 0.387 e. The first-order valence-electron chi connectivity index (χ1n) is 7.69. The molecule has 6 nitrogen and oxygen atoms in total. The van der Waals surface area contributed by atoms with Gasteiger partial charge in [-0.2, -0.15) is 8.78 Å². The third kappa shape index (κ3) is 8.53. The number of carbonyl (C=O) groups is 1. The van der Waals surface area contributed by atoms with Gasteiger partial charge in [0.1, 0.15) is 5.75 Å². The van der Waals surface area contributed by atoms with Crippen molar-refractivity contribution in [3.63, 3.8) is 0 Å². The molecule has 0 aromatic heterocycles. The fraction of sp³-hybridized carbons (Fsp3) is 0.500. The number of carbonyl (C=O) groups excluding carboxylic acids is 1. The summed E-state index contributed by atoms with van der Waals surface area (Å²) in [5, 5.41) is 6.28. The van der Waals surface area contributed by atoms with Crippen LogP contribution in [0.25, 0.3) is 0 Å². The van der Waals surface area contributed by atoms with Crippen molar-refractivity contribution in [2.45, 2.75) is 39.5 Å². The number of ether oxygens (including phenoxy) is 2. The van der Waals surface area contributed by atoms with Crippen LogP contribution in [0.5, 0.6) is 5.75 Å². The molecule has 0 aliphatic carbocycles. The normalized spacial score (nSPS) is 11.6. The van der Waals surface area contributed by atoms with Crippen molar-refractivity contribution < 1.29 is 23.0 Å². The number of hydrogen-bond acceptors (Lipinski definition) is 4. The van der Waals surface area contributed by atoms with E-state index in [1.807, 2.05) is 0 Å². The number of guanidine groups is 1. The second-order valence-corrected chi connectivity index (χ2v) is 5.71. The SMILES string of the molecule is CN=C(NCCC(=O)OC(C)C)NCc1cc(Cl)ccc1OC(F)F. The summed E-state index contributed by atoms with van der Waals surface area (Å²) >= 11 is 5.89. The summed E-state index contributed by atoms with van der Waals surface area (Å²) in [7, 11) is 1.55. The Labute approximate surface area is 150 Å². The number of halogens is 3. The van der Waals surface area contributed by atoms with Gasteiger partial charge in [0.05, 0.1) is 12.5 Å². The molecule has 9 heteroatoms. The van der Waals surface area contributed by atoms with Crippen molar-refractivity contribution in [2.24, 2.45) is 4.99 Å². The zero-order chi connectivity index (χ0) is 18.8. The first-order valence-corrected chi connectivity index (χ1v) is 8.06. The highest BCUT2D eigenvalue weighted by molar-refractivity contribution is 6.30. The van der Waals surface area contributed by atoms with E-state index in [-0.39, 0.29) is 30.8 Å². The summed E-state index contributed by atoms with van der Waals surface area (Å²) in [6.45, 7) is 1.11. The van der Waals surface area contributed by atoms with Crippen LogP contribution < -0.4 is 15.4 Å². The molecule has 140 valence electrons. The van der Waals surface area contributed by atoms with Gasteiger partial charge >= 0.3 is 12.6 Å². The average molecular weight is 378 g/mol. The van der Waals surface area contributed by atoms with Crippen molar-refractivity contribution >= 4 is 23.5 Å². The minimum atomic E-state index is -2.93. The molecule has 0 unspecified atom stereocenters. The van der Waals surface area contributed by atoms with Gasteiger partial charge in [-0.25, -0.2) is 0 Å². The summed E-state index contributed by atoms with van der Waals surface area (Å²) < 4.78 is 34.4. The fourth-order valence-corrected chi connectivity index (χ4v) is 2.10. The Balaban J connectivity index is 2.54. The lowest BCUT2D eigenvalue weighted by Gasteiger charge is -2.15. The Bertz CT molecular complexity index is 598. The van der Waals surface area contributed by atoms with Gasteiger partial charge in [-0.15, -0.1) is 0 Å². The fourth-order valence-electron chi connectivity index (χ4n) is 1.90. The number of alkyl halides is 2. The van der Waals surface area contributed by atoms with Gasteiger partial charge in [-0.1, -0.05) is 11.6 Å². The molecule has 2 N–H and O–H groups in total. The van der Waals surface area contributed by atoms with Crippen LogP contribution in [-0.2, 0) is 16.1 Å². The van der Waals surface area contributed by atoms with E-state index in [0.717, 1.165) is 0 Å². The van der Waals surface area contributed by atoms with Crippen molar-refractivity contribution in [2.75, 3.05) is 13.6 Å². The number of nitrogens with one attached hydrogen (secondary N) is 2. The number of aliphatic imine (C=N–C) groups is 1. The number of nitrogens with zero attached hydrogens (tertiary/aromatic N) is 1. The Morgan fingerprint density at radius 1 is 1.32 bits per heavy atom. The van der Waals surface area contributed by atoms with Crippen LogP contribution in [0.2, 0.25) is 5.02 Å². The predicted octanol–water partition coefficient (Wildman–Crippen LogP) is 2.95. The highest BCUT2D eigenvalue weighted by atomic mass is 35.5. The lowest BCUT2D eigenvalue weighted by atomic mass is 10.2. The third-order valence-corrected chi connectivity index (χ3v) is 3.13. The van der Waals surface area contributed by atoms with E-state index < -0.39 is 6.61 Å². The van der Waals surface area contributed by atoms with E-state index in [9.17, 15) is 13.6 Å². The molecule has 0 bridgehead atoms. The Hall–Kier alpha value is -2.09. The van der Waals surface area contributed by atoms with Gasteiger partial charge in [0.25, 0.3) is 0 Å². The standard InChI is InChI=1S/C16H22ClF2N3O3/c1-10(2)24-14(23)6-7-21-16(20-3)22-9-11-8-12(17)4-5-13(11)25-15(18)19/h4-5,8,10,15H,6-7,9H2,1-3H3,(H2,20,21,22). The van der Waals surface area contributed by atoms with Crippen LogP contribution in [0.4, 0.5) is 8.78 Å². The Kier molecular flexibility index (Phi) is 8.98. The molecule has 0 spiro atoms. The van der Waals surface area contributed by atoms with Crippen molar-refractivity contribution in [3.05, 3.63) is 28.8 Å². The molecule has 1 aromatic carbocycles. The number of hydrogen-bond donors (Lipinski definition) is 2. The first-order chi connectivity index (χ1) is 11.8. The average Bonchev–Trinajstić information content (AvgIpc) is 2.51. The molecule has 25 heavy (non-hydrogen) atoms. The third-order valence-electron chi connectivity index (χ3n) is 2.90.